The zero-order valence-electron chi connectivity index (χ0n) is 13.9. The molecule has 1 aromatic heterocycles. The number of ether oxygens (including phenoxy) is 1. The minimum atomic E-state index is -0.456. The molecule has 6 nitrogen and oxygen atoms in total. The van der Waals surface area contributed by atoms with E-state index >= 15 is 0 Å². The van der Waals surface area contributed by atoms with E-state index in [-0.39, 0.29) is 5.97 Å². The Morgan fingerprint density at radius 3 is 3.08 bits per heavy atom. The third kappa shape index (κ3) is 3.30. The zero-order chi connectivity index (χ0) is 18.1. The second-order valence-electron chi connectivity index (χ2n) is 5.64. The number of fused-ring (bicyclic) bond motifs is 3. The minimum absolute atomic E-state index is 0.278. The van der Waals surface area contributed by atoms with E-state index in [1.165, 1.54) is 11.8 Å². The number of rotatable bonds is 4. The van der Waals surface area contributed by atoms with Crippen molar-refractivity contribution in [3.8, 4) is 0 Å². The van der Waals surface area contributed by atoms with Crippen LogP contribution in [-0.2, 0) is 9.53 Å². The minimum Gasteiger partial charge on any atom is -0.464 e. The van der Waals surface area contributed by atoms with E-state index in [1.807, 2.05) is 36.4 Å². The van der Waals surface area contributed by atoms with Gasteiger partial charge in [-0.1, -0.05) is 17.8 Å². The van der Waals surface area contributed by atoms with E-state index in [0.717, 1.165) is 32.1 Å². The van der Waals surface area contributed by atoms with E-state index in [0.29, 0.717) is 12.6 Å². The Bertz CT molecular complexity index is 996. The Kier molecular flexibility index (Phi) is 4.60. The first-order valence-corrected chi connectivity index (χ1v) is 9.42. The molecule has 26 heavy (non-hydrogen) atoms. The fourth-order valence-electron chi connectivity index (χ4n) is 2.69. The summed E-state index contributed by atoms with van der Waals surface area (Å²) < 4.78 is 5.11. The second kappa shape index (κ2) is 7.05. The van der Waals surface area contributed by atoms with E-state index in [2.05, 4.69) is 33.2 Å². The summed E-state index contributed by atoms with van der Waals surface area (Å²) in [6, 6.07) is 11.5. The van der Waals surface area contributed by atoms with Gasteiger partial charge in [-0.05, 0) is 37.3 Å². The van der Waals surface area contributed by atoms with Crippen LogP contribution in [0.4, 0.5) is 17.3 Å². The lowest BCUT2D eigenvalue weighted by molar-refractivity contribution is -0.141. The summed E-state index contributed by atoms with van der Waals surface area (Å²) in [7, 11) is 0. The van der Waals surface area contributed by atoms with Gasteiger partial charge < -0.3 is 15.4 Å². The number of nitrogens with one attached hydrogen (secondary N) is 2. The van der Waals surface area contributed by atoms with Gasteiger partial charge in [-0.25, -0.2) is 14.8 Å². The molecule has 2 heterocycles. The van der Waals surface area contributed by atoms with Crippen LogP contribution in [0.2, 0.25) is 0 Å². The number of benzene rings is 2. The van der Waals surface area contributed by atoms with Gasteiger partial charge in [0.2, 0.25) is 5.95 Å². The SMILES string of the molecule is CCOC(=O)C1Nc2ccc3cnc(Nc4cccc(S)c4)nc3c2S1. The molecule has 1 atom stereocenters. The van der Waals surface area contributed by atoms with Gasteiger partial charge in [-0.2, -0.15) is 0 Å². The van der Waals surface area contributed by atoms with Crippen molar-refractivity contribution in [3.05, 3.63) is 42.6 Å². The maximum atomic E-state index is 12.0. The van der Waals surface area contributed by atoms with Crippen LogP contribution < -0.4 is 10.6 Å². The van der Waals surface area contributed by atoms with Gasteiger partial charge in [0.25, 0.3) is 0 Å². The van der Waals surface area contributed by atoms with Crippen molar-refractivity contribution in [1.82, 2.24) is 9.97 Å². The molecule has 0 amide bonds. The fraction of sp³-hybridized carbons (Fsp3) is 0.167. The summed E-state index contributed by atoms with van der Waals surface area (Å²) in [6.45, 7) is 2.15. The van der Waals surface area contributed by atoms with E-state index in [9.17, 15) is 4.79 Å². The number of hydrogen-bond acceptors (Lipinski definition) is 8. The van der Waals surface area contributed by atoms with Crippen molar-refractivity contribution in [2.24, 2.45) is 0 Å². The lowest BCUT2D eigenvalue weighted by Gasteiger charge is -2.08. The quantitative estimate of drug-likeness (QED) is 0.462. The average Bonchev–Trinajstić information content (AvgIpc) is 3.07. The highest BCUT2D eigenvalue weighted by Gasteiger charge is 2.30. The van der Waals surface area contributed by atoms with Gasteiger partial charge in [0.05, 0.1) is 22.7 Å². The predicted molar refractivity (Wildman–Crippen MR) is 106 cm³/mol. The van der Waals surface area contributed by atoms with Crippen molar-refractivity contribution < 1.29 is 9.53 Å². The van der Waals surface area contributed by atoms with Crippen LogP contribution in [0.15, 0.2) is 52.4 Å². The third-order valence-corrected chi connectivity index (χ3v) is 5.30. The fourth-order valence-corrected chi connectivity index (χ4v) is 4.03. The number of thioether (sulfide) groups is 1. The van der Waals surface area contributed by atoms with Crippen molar-refractivity contribution in [2.45, 2.75) is 22.1 Å². The largest absolute Gasteiger partial charge is 0.464 e. The highest BCUT2D eigenvalue weighted by atomic mass is 32.2. The molecule has 2 aromatic carbocycles. The van der Waals surface area contributed by atoms with Gasteiger partial charge in [0.1, 0.15) is 0 Å². The zero-order valence-corrected chi connectivity index (χ0v) is 15.6. The molecule has 0 bridgehead atoms. The molecular formula is C18H16N4O2S2. The molecule has 0 fully saturated rings. The van der Waals surface area contributed by atoms with Crippen LogP contribution in [0.1, 0.15) is 6.92 Å². The molecule has 0 aliphatic carbocycles. The van der Waals surface area contributed by atoms with Crippen LogP contribution >= 0.6 is 24.4 Å². The Morgan fingerprint density at radius 1 is 1.38 bits per heavy atom. The van der Waals surface area contributed by atoms with Gasteiger partial charge >= 0.3 is 5.97 Å². The van der Waals surface area contributed by atoms with E-state index < -0.39 is 5.37 Å². The summed E-state index contributed by atoms with van der Waals surface area (Å²) >= 11 is 5.76. The van der Waals surface area contributed by atoms with Gasteiger partial charge in [0, 0.05) is 22.2 Å². The Hall–Kier alpha value is -2.45. The normalized spacial score (nSPS) is 15.4. The summed E-state index contributed by atoms with van der Waals surface area (Å²) in [5.41, 5.74) is 2.54. The number of anilines is 3. The summed E-state index contributed by atoms with van der Waals surface area (Å²) in [4.78, 5) is 22.8. The number of nitrogens with zero attached hydrogens (tertiary/aromatic N) is 2. The summed E-state index contributed by atoms with van der Waals surface area (Å²) in [6.07, 6.45) is 1.77. The molecule has 8 heteroatoms. The van der Waals surface area contributed by atoms with Crippen molar-refractivity contribution in [3.63, 3.8) is 0 Å². The van der Waals surface area contributed by atoms with Crippen molar-refractivity contribution >= 4 is 58.6 Å². The number of esters is 1. The van der Waals surface area contributed by atoms with Crippen LogP contribution in [0.5, 0.6) is 0 Å². The first-order valence-electron chi connectivity index (χ1n) is 8.09. The maximum Gasteiger partial charge on any atom is 0.339 e. The topological polar surface area (TPSA) is 76.1 Å². The van der Waals surface area contributed by atoms with Gasteiger partial charge in [-0.15, -0.1) is 12.6 Å². The summed E-state index contributed by atoms with van der Waals surface area (Å²) in [5, 5.41) is 6.83. The number of hydrogen-bond donors (Lipinski definition) is 3. The number of carbonyl (C=O) groups is 1. The van der Waals surface area contributed by atoms with Crippen LogP contribution in [-0.4, -0.2) is 27.9 Å². The number of carbonyl (C=O) groups excluding carboxylic acids is 1. The van der Waals surface area contributed by atoms with Crippen molar-refractivity contribution in [1.29, 1.82) is 0 Å². The molecule has 3 aromatic rings. The molecular weight excluding hydrogens is 368 g/mol. The second-order valence-corrected chi connectivity index (χ2v) is 7.28. The molecule has 2 N–H and O–H groups in total. The highest BCUT2D eigenvalue weighted by Crippen LogP contribution is 2.43. The predicted octanol–water partition coefficient (Wildman–Crippen LogP) is 4.07. The molecule has 1 aliphatic heterocycles. The third-order valence-electron chi connectivity index (χ3n) is 3.83. The first kappa shape index (κ1) is 17.0. The van der Waals surface area contributed by atoms with Crippen LogP contribution in [0.25, 0.3) is 10.9 Å². The van der Waals surface area contributed by atoms with E-state index in [4.69, 9.17) is 4.74 Å². The molecule has 132 valence electrons. The molecule has 0 saturated carbocycles. The average molecular weight is 384 g/mol. The Labute approximate surface area is 160 Å². The maximum absolute atomic E-state index is 12.0. The van der Waals surface area contributed by atoms with E-state index in [1.54, 1.807) is 13.1 Å². The molecule has 0 radical (unpaired) electrons. The molecule has 4 rings (SSSR count). The van der Waals surface area contributed by atoms with Crippen LogP contribution in [0.3, 0.4) is 0 Å². The standard InChI is InChI=1S/C18H16N4O2S2/c1-2-24-17(23)16-21-13-7-6-10-9-19-18(22-14(10)15(13)26-16)20-11-4-3-5-12(25)8-11/h3-9,16,21,25H,2H2,1H3,(H,19,20,22). The van der Waals surface area contributed by atoms with Crippen LogP contribution in [0, 0.1) is 0 Å². The lowest BCUT2D eigenvalue weighted by atomic mass is 10.2. The van der Waals surface area contributed by atoms with Gasteiger partial charge in [-0.3, -0.25) is 0 Å². The molecule has 1 aliphatic rings. The summed E-state index contributed by atoms with van der Waals surface area (Å²) in [5.74, 6) is 0.213. The lowest BCUT2D eigenvalue weighted by Crippen LogP contribution is -2.24. The number of aromatic nitrogens is 2. The molecule has 1 unspecified atom stereocenters. The first-order chi connectivity index (χ1) is 12.6. The van der Waals surface area contributed by atoms with Crippen molar-refractivity contribution in [2.75, 3.05) is 17.2 Å². The van der Waals surface area contributed by atoms with Gasteiger partial charge in [0.15, 0.2) is 5.37 Å². The smallest absolute Gasteiger partial charge is 0.339 e. The molecule has 0 spiro atoms. The number of thiol groups is 1. The molecule has 0 saturated heterocycles. The highest BCUT2D eigenvalue weighted by molar-refractivity contribution is 8.01. The monoisotopic (exact) mass is 384 g/mol. The Balaban J connectivity index is 1.66. The Morgan fingerprint density at radius 2 is 2.27 bits per heavy atom.